The number of Topliss-reactive ketones (excluding diaryl/α,β-unsaturated/α-hetero) is 2. The summed E-state index contributed by atoms with van der Waals surface area (Å²) in [5.74, 6) is -0.332. The first-order valence-electron chi connectivity index (χ1n) is 3.61. The first kappa shape index (κ1) is 8.64. The Hall–Kier alpha value is -1.45. The molecule has 1 aromatic rings. The molecule has 0 fully saturated rings. The molecule has 4 heteroatoms. The van der Waals surface area contributed by atoms with Crippen LogP contribution in [-0.2, 0) is 9.59 Å². The van der Waals surface area contributed by atoms with E-state index in [1.54, 1.807) is 12.4 Å². The van der Waals surface area contributed by atoms with Crippen molar-refractivity contribution in [3.63, 3.8) is 0 Å². The Balaban J connectivity index is 2.96. The molecule has 0 unspecified atom stereocenters. The maximum absolute atomic E-state index is 11.0. The second-order valence-electron chi connectivity index (χ2n) is 2.63. The lowest BCUT2D eigenvalue weighted by Crippen LogP contribution is -2.22. The zero-order valence-electron chi connectivity index (χ0n) is 7.02. The molecule has 0 saturated heterocycles. The van der Waals surface area contributed by atoms with Crippen molar-refractivity contribution in [1.82, 2.24) is 9.55 Å². The summed E-state index contributed by atoms with van der Waals surface area (Å²) < 4.78 is 1.50. The number of carbonyl (C=O) groups is 2. The lowest BCUT2D eigenvalue weighted by Gasteiger charge is -2.10. The molecule has 0 aliphatic rings. The molecule has 12 heavy (non-hydrogen) atoms. The van der Waals surface area contributed by atoms with Gasteiger partial charge in [0.15, 0.2) is 17.6 Å². The molecule has 0 bridgehead atoms. The normalized spacial score (nSPS) is 10.2. The summed E-state index contributed by atoms with van der Waals surface area (Å²) in [4.78, 5) is 25.8. The van der Waals surface area contributed by atoms with Crippen LogP contribution in [0.15, 0.2) is 18.7 Å². The number of carbonyl (C=O) groups excluding carboxylic acids is 2. The van der Waals surface area contributed by atoms with Crippen LogP contribution in [0.5, 0.6) is 0 Å². The van der Waals surface area contributed by atoms with E-state index in [1.807, 2.05) is 0 Å². The van der Waals surface area contributed by atoms with Crippen LogP contribution in [-0.4, -0.2) is 21.1 Å². The molecule has 64 valence electrons. The fraction of sp³-hybridized carbons (Fsp3) is 0.375. The van der Waals surface area contributed by atoms with E-state index in [2.05, 4.69) is 4.98 Å². The van der Waals surface area contributed by atoms with Gasteiger partial charge in [0.1, 0.15) is 0 Å². The Labute approximate surface area is 70.2 Å². The van der Waals surface area contributed by atoms with Crippen molar-refractivity contribution in [3.8, 4) is 0 Å². The van der Waals surface area contributed by atoms with Gasteiger partial charge >= 0.3 is 0 Å². The molecule has 1 rings (SSSR count). The molecule has 0 aliphatic heterocycles. The van der Waals surface area contributed by atoms with E-state index < -0.39 is 6.04 Å². The molecule has 0 aromatic carbocycles. The summed E-state index contributed by atoms with van der Waals surface area (Å²) in [6, 6.07) is -0.701. The third kappa shape index (κ3) is 1.58. The maximum atomic E-state index is 11.0. The number of ketones is 2. The molecule has 0 amide bonds. The van der Waals surface area contributed by atoms with Crippen LogP contribution in [0.3, 0.4) is 0 Å². The summed E-state index contributed by atoms with van der Waals surface area (Å²) in [6.07, 6.45) is 4.61. The maximum Gasteiger partial charge on any atom is 0.160 e. The van der Waals surface area contributed by atoms with E-state index in [1.165, 1.54) is 24.7 Å². The highest BCUT2D eigenvalue weighted by Gasteiger charge is 2.20. The van der Waals surface area contributed by atoms with E-state index in [4.69, 9.17) is 0 Å². The van der Waals surface area contributed by atoms with Crippen molar-refractivity contribution in [1.29, 1.82) is 0 Å². The standard InChI is InChI=1S/C8H10N2O2/c1-6(11)8(7(2)12)10-4-3-9-5-10/h3-5,8H,1-2H3. The van der Waals surface area contributed by atoms with Crippen LogP contribution in [0.25, 0.3) is 0 Å². The molecule has 0 aliphatic carbocycles. The Morgan fingerprint density at radius 3 is 2.25 bits per heavy atom. The van der Waals surface area contributed by atoms with Crippen LogP contribution in [0.1, 0.15) is 19.9 Å². The second kappa shape index (κ2) is 3.30. The topological polar surface area (TPSA) is 52.0 Å². The molecular weight excluding hydrogens is 156 g/mol. The van der Waals surface area contributed by atoms with Gasteiger partial charge in [-0.1, -0.05) is 0 Å². The van der Waals surface area contributed by atoms with Crippen molar-refractivity contribution >= 4 is 11.6 Å². The number of nitrogens with zero attached hydrogens (tertiary/aromatic N) is 2. The van der Waals surface area contributed by atoms with Crippen molar-refractivity contribution in [3.05, 3.63) is 18.7 Å². The summed E-state index contributed by atoms with van der Waals surface area (Å²) >= 11 is 0. The van der Waals surface area contributed by atoms with Crippen LogP contribution in [0.2, 0.25) is 0 Å². The summed E-state index contributed by atoms with van der Waals surface area (Å²) in [6.45, 7) is 2.79. The van der Waals surface area contributed by atoms with Gasteiger partial charge in [0, 0.05) is 12.4 Å². The number of hydrogen-bond donors (Lipinski definition) is 0. The molecule has 0 N–H and O–H groups in total. The zero-order chi connectivity index (χ0) is 9.14. The molecule has 1 aromatic heterocycles. The van der Waals surface area contributed by atoms with Crippen LogP contribution in [0, 0.1) is 0 Å². The number of aromatic nitrogens is 2. The van der Waals surface area contributed by atoms with E-state index in [0.717, 1.165) is 0 Å². The SMILES string of the molecule is CC(=O)C(C(C)=O)n1ccnc1. The largest absolute Gasteiger partial charge is 0.320 e. The van der Waals surface area contributed by atoms with E-state index in [-0.39, 0.29) is 11.6 Å². The third-order valence-corrected chi connectivity index (χ3v) is 1.59. The predicted octanol–water partition coefficient (Wildman–Crippen LogP) is 0.602. The van der Waals surface area contributed by atoms with Gasteiger partial charge in [-0.25, -0.2) is 4.98 Å². The average Bonchev–Trinajstić information content (AvgIpc) is 2.37. The van der Waals surface area contributed by atoms with E-state index >= 15 is 0 Å². The molecule has 0 atom stereocenters. The molecule has 0 saturated carbocycles. The van der Waals surface area contributed by atoms with Crippen LogP contribution in [0.4, 0.5) is 0 Å². The lowest BCUT2D eigenvalue weighted by atomic mass is 10.1. The van der Waals surface area contributed by atoms with Crippen LogP contribution < -0.4 is 0 Å². The summed E-state index contributed by atoms with van der Waals surface area (Å²) in [5, 5.41) is 0. The number of rotatable bonds is 3. The van der Waals surface area contributed by atoms with Gasteiger partial charge in [-0.05, 0) is 13.8 Å². The van der Waals surface area contributed by atoms with Gasteiger partial charge in [-0.3, -0.25) is 9.59 Å². The Morgan fingerprint density at radius 1 is 1.33 bits per heavy atom. The Morgan fingerprint density at radius 2 is 1.92 bits per heavy atom. The van der Waals surface area contributed by atoms with Gasteiger partial charge in [0.2, 0.25) is 0 Å². The molecule has 0 radical (unpaired) electrons. The highest BCUT2D eigenvalue weighted by molar-refractivity contribution is 6.02. The Kier molecular flexibility index (Phi) is 2.38. The summed E-state index contributed by atoms with van der Waals surface area (Å²) in [7, 11) is 0. The fourth-order valence-corrected chi connectivity index (χ4v) is 1.13. The van der Waals surface area contributed by atoms with Gasteiger partial charge in [-0.2, -0.15) is 0 Å². The monoisotopic (exact) mass is 166 g/mol. The van der Waals surface area contributed by atoms with E-state index in [0.29, 0.717) is 0 Å². The van der Waals surface area contributed by atoms with Gasteiger partial charge in [-0.15, -0.1) is 0 Å². The van der Waals surface area contributed by atoms with E-state index in [9.17, 15) is 9.59 Å². The van der Waals surface area contributed by atoms with Crippen molar-refractivity contribution in [2.75, 3.05) is 0 Å². The summed E-state index contributed by atoms with van der Waals surface area (Å²) in [5.41, 5.74) is 0. The number of hydrogen-bond acceptors (Lipinski definition) is 3. The molecular formula is C8H10N2O2. The highest BCUT2D eigenvalue weighted by atomic mass is 16.2. The third-order valence-electron chi connectivity index (χ3n) is 1.59. The minimum atomic E-state index is -0.701. The molecule has 1 heterocycles. The van der Waals surface area contributed by atoms with Crippen LogP contribution >= 0.6 is 0 Å². The van der Waals surface area contributed by atoms with Crippen molar-refractivity contribution in [2.24, 2.45) is 0 Å². The van der Waals surface area contributed by atoms with Gasteiger partial charge in [0.05, 0.1) is 6.33 Å². The number of imidazole rings is 1. The second-order valence-corrected chi connectivity index (χ2v) is 2.63. The molecule has 4 nitrogen and oxygen atoms in total. The lowest BCUT2D eigenvalue weighted by molar-refractivity contribution is -0.129. The first-order chi connectivity index (χ1) is 5.63. The highest BCUT2D eigenvalue weighted by Crippen LogP contribution is 2.07. The Bertz CT molecular complexity index is 276. The predicted molar refractivity (Wildman–Crippen MR) is 42.6 cm³/mol. The van der Waals surface area contributed by atoms with Gasteiger partial charge in [0.25, 0.3) is 0 Å². The quantitative estimate of drug-likeness (QED) is 0.618. The average molecular weight is 166 g/mol. The molecule has 0 spiro atoms. The van der Waals surface area contributed by atoms with Crippen molar-refractivity contribution < 1.29 is 9.59 Å². The smallest absolute Gasteiger partial charge is 0.160 e. The fourth-order valence-electron chi connectivity index (χ4n) is 1.13. The van der Waals surface area contributed by atoms with Gasteiger partial charge < -0.3 is 4.57 Å². The minimum absolute atomic E-state index is 0.166. The van der Waals surface area contributed by atoms with Crippen molar-refractivity contribution in [2.45, 2.75) is 19.9 Å². The first-order valence-corrected chi connectivity index (χ1v) is 3.61. The zero-order valence-corrected chi connectivity index (χ0v) is 7.02. The minimum Gasteiger partial charge on any atom is -0.320 e.